The van der Waals surface area contributed by atoms with E-state index in [1.165, 1.54) is 11.1 Å². The predicted molar refractivity (Wildman–Crippen MR) is 120 cm³/mol. The minimum absolute atomic E-state index is 0.519. The highest BCUT2D eigenvalue weighted by molar-refractivity contribution is 9.10. The third kappa shape index (κ3) is 7.00. The highest BCUT2D eigenvalue weighted by atomic mass is 79.9. The molecule has 2 aromatic carbocycles. The van der Waals surface area contributed by atoms with E-state index in [1.807, 2.05) is 13.0 Å². The van der Waals surface area contributed by atoms with Gasteiger partial charge in [-0.2, -0.15) is 0 Å². The van der Waals surface area contributed by atoms with Crippen molar-refractivity contribution in [3.05, 3.63) is 57.6 Å². The molecule has 1 saturated heterocycles. The normalized spacial score (nSPS) is 14.7. The van der Waals surface area contributed by atoms with Gasteiger partial charge < -0.3 is 19.5 Å². The van der Waals surface area contributed by atoms with Crippen LogP contribution in [0.2, 0.25) is 0 Å². The van der Waals surface area contributed by atoms with Gasteiger partial charge in [0, 0.05) is 37.2 Å². The van der Waals surface area contributed by atoms with Gasteiger partial charge in [-0.1, -0.05) is 45.8 Å². The van der Waals surface area contributed by atoms with E-state index < -0.39 is 0 Å². The van der Waals surface area contributed by atoms with E-state index in [-0.39, 0.29) is 0 Å². The SMILES string of the molecule is CCOc1cc(CNCCN2CCOCC2)c(Br)cc1OCc1cccc(C)c1. The molecule has 0 atom stereocenters. The Kier molecular flexibility index (Phi) is 8.80. The van der Waals surface area contributed by atoms with Gasteiger partial charge in [-0.25, -0.2) is 0 Å². The maximum atomic E-state index is 6.08. The highest BCUT2D eigenvalue weighted by Crippen LogP contribution is 2.34. The zero-order valence-electron chi connectivity index (χ0n) is 17.4. The summed E-state index contributed by atoms with van der Waals surface area (Å²) in [6.07, 6.45) is 0. The van der Waals surface area contributed by atoms with Gasteiger partial charge in [0.25, 0.3) is 0 Å². The third-order valence-electron chi connectivity index (χ3n) is 4.91. The quantitative estimate of drug-likeness (QED) is 0.537. The lowest BCUT2D eigenvalue weighted by Crippen LogP contribution is -2.40. The molecule has 1 aliphatic heterocycles. The van der Waals surface area contributed by atoms with Crippen molar-refractivity contribution in [3.8, 4) is 11.5 Å². The van der Waals surface area contributed by atoms with Crippen LogP contribution < -0.4 is 14.8 Å². The topological polar surface area (TPSA) is 43.0 Å². The van der Waals surface area contributed by atoms with E-state index in [1.54, 1.807) is 0 Å². The molecule has 2 aromatic rings. The van der Waals surface area contributed by atoms with Crippen molar-refractivity contribution in [2.45, 2.75) is 27.0 Å². The largest absolute Gasteiger partial charge is 0.490 e. The van der Waals surface area contributed by atoms with Crippen LogP contribution in [-0.4, -0.2) is 50.9 Å². The first kappa shape index (κ1) is 22.1. The van der Waals surface area contributed by atoms with E-state index in [4.69, 9.17) is 14.2 Å². The Bertz CT molecular complexity index is 779. The minimum Gasteiger partial charge on any atom is -0.490 e. The molecule has 5 nitrogen and oxygen atoms in total. The first-order chi connectivity index (χ1) is 14.2. The van der Waals surface area contributed by atoms with Gasteiger partial charge in [0.05, 0.1) is 19.8 Å². The van der Waals surface area contributed by atoms with Gasteiger partial charge in [0.15, 0.2) is 11.5 Å². The summed E-state index contributed by atoms with van der Waals surface area (Å²) in [6.45, 7) is 11.7. The summed E-state index contributed by atoms with van der Waals surface area (Å²) < 4.78 is 18.4. The molecule has 0 radical (unpaired) electrons. The lowest BCUT2D eigenvalue weighted by Gasteiger charge is -2.26. The first-order valence-corrected chi connectivity index (χ1v) is 11.1. The van der Waals surface area contributed by atoms with Crippen LogP contribution in [0.1, 0.15) is 23.6 Å². The standard InChI is InChI=1S/C23H31BrN2O3/c1-3-28-22-14-20(16-25-7-8-26-9-11-27-12-10-26)21(24)15-23(22)29-17-19-6-4-5-18(2)13-19/h4-6,13-15,25H,3,7-12,16-17H2,1-2H3. The first-order valence-electron chi connectivity index (χ1n) is 10.3. The summed E-state index contributed by atoms with van der Waals surface area (Å²) in [4.78, 5) is 2.43. The van der Waals surface area contributed by atoms with E-state index in [0.717, 1.165) is 67.5 Å². The number of ether oxygens (including phenoxy) is 3. The predicted octanol–water partition coefficient (Wildman–Crippen LogP) is 4.16. The second-order valence-corrected chi connectivity index (χ2v) is 8.09. The molecule has 1 aliphatic rings. The average molecular weight is 463 g/mol. The summed E-state index contributed by atoms with van der Waals surface area (Å²) in [5.41, 5.74) is 3.55. The number of halogens is 1. The number of hydrogen-bond donors (Lipinski definition) is 1. The zero-order valence-corrected chi connectivity index (χ0v) is 19.0. The van der Waals surface area contributed by atoms with Gasteiger partial charge in [0.2, 0.25) is 0 Å². The Morgan fingerprint density at radius 1 is 1.10 bits per heavy atom. The Balaban J connectivity index is 1.57. The van der Waals surface area contributed by atoms with E-state index in [0.29, 0.717) is 13.2 Å². The molecule has 0 spiro atoms. The van der Waals surface area contributed by atoms with Crippen molar-refractivity contribution >= 4 is 15.9 Å². The van der Waals surface area contributed by atoms with Crippen LogP contribution in [0.15, 0.2) is 40.9 Å². The monoisotopic (exact) mass is 462 g/mol. The minimum atomic E-state index is 0.519. The number of morpholine rings is 1. The Morgan fingerprint density at radius 3 is 2.66 bits per heavy atom. The summed E-state index contributed by atoms with van der Waals surface area (Å²) in [5.74, 6) is 1.55. The van der Waals surface area contributed by atoms with Crippen LogP contribution in [0.5, 0.6) is 11.5 Å². The van der Waals surface area contributed by atoms with Crippen molar-refractivity contribution in [1.29, 1.82) is 0 Å². The van der Waals surface area contributed by atoms with Gasteiger partial charge >= 0.3 is 0 Å². The molecule has 0 saturated carbocycles. The van der Waals surface area contributed by atoms with Crippen LogP contribution in [-0.2, 0) is 17.9 Å². The van der Waals surface area contributed by atoms with Crippen LogP contribution >= 0.6 is 15.9 Å². The lowest BCUT2D eigenvalue weighted by molar-refractivity contribution is 0.0384. The van der Waals surface area contributed by atoms with Gasteiger partial charge in [-0.15, -0.1) is 0 Å². The second kappa shape index (κ2) is 11.6. The fourth-order valence-corrected chi connectivity index (χ4v) is 3.80. The van der Waals surface area contributed by atoms with Crippen LogP contribution in [0.3, 0.4) is 0 Å². The van der Waals surface area contributed by atoms with E-state index in [9.17, 15) is 0 Å². The van der Waals surface area contributed by atoms with E-state index in [2.05, 4.69) is 63.4 Å². The van der Waals surface area contributed by atoms with Gasteiger partial charge in [-0.3, -0.25) is 4.90 Å². The van der Waals surface area contributed by atoms with Crippen molar-refractivity contribution in [2.24, 2.45) is 0 Å². The van der Waals surface area contributed by atoms with Crippen LogP contribution in [0, 0.1) is 6.92 Å². The van der Waals surface area contributed by atoms with Crippen molar-refractivity contribution in [2.75, 3.05) is 46.0 Å². The number of nitrogens with zero attached hydrogens (tertiary/aromatic N) is 1. The van der Waals surface area contributed by atoms with Crippen LogP contribution in [0.25, 0.3) is 0 Å². The second-order valence-electron chi connectivity index (χ2n) is 7.23. The molecule has 0 aromatic heterocycles. The summed E-state index contributed by atoms with van der Waals surface area (Å²) in [7, 11) is 0. The maximum Gasteiger partial charge on any atom is 0.162 e. The van der Waals surface area contributed by atoms with Gasteiger partial charge in [-0.05, 0) is 37.1 Å². The molecule has 158 valence electrons. The highest BCUT2D eigenvalue weighted by Gasteiger charge is 2.12. The maximum absolute atomic E-state index is 6.08. The number of benzene rings is 2. The van der Waals surface area contributed by atoms with Crippen molar-refractivity contribution in [1.82, 2.24) is 10.2 Å². The number of nitrogens with one attached hydrogen (secondary N) is 1. The smallest absolute Gasteiger partial charge is 0.162 e. The van der Waals surface area contributed by atoms with Gasteiger partial charge in [0.1, 0.15) is 6.61 Å². The summed E-state index contributed by atoms with van der Waals surface area (Å²) in [6, 6.07) is 12.4. The molecule has 0 amide bonds. The Hall–Kier alpha value is -1.60. The molecular weight excluding hydrogens is 432 g/mol. The number of aryl methyl sites for hydroxylation is 1. The molecule has 1 heterocycles. The molecule has 0 aliphatic carbocycles. The fraction of sp³-hybridized carbons (Fsp3) is 0.478. The van der Waals surface area contributed by atoms with Crippen molar-refractivity contribution in [3.63, 3.8) is 0 Å². The molecule has 0 bridgehead atoms. The number of hydrogen-bond acceptors (Lipinski definition) is 5. The average Bonchev–Trinajstić information content (AvgIpc) is 2.73. The third-order valence-corrected chi connectivity index (χ3v) is 5.65. The Labute approximate surface area is 182 Å². The summed E-state index contributed by atoms with van der Waals surface area (Å²) >= 11 is 3.70. The fourth-order valence-electron chi connectivity index (χ4n) is 3.34. The molecule has 1 fully saturated rings. The molecule has 0 unspecified atom stereocenters. The van der Waals surface area contributed by atoms with Crippen LogP contribution in [0.4, 0.5) is 0 Å². The van der Waals surface area contributed by atoms with Crippen molar-refractivity contribution < 1.29 is 14.2 Å². The van der Waals surface area contributed by atoms with E-state index >= 15 is 0 Å². The Morgan fingerprint density at radius 2 is 1.90 bits per heavy atom. The molecular formula is C23H31BrN2O3. The number of rotatable bonds is 10. The molecule has 6 heteroatoms. The molecule has 3 rings (SSSR count). The zero-order chi connectivity index (χ0) is 20.5. The molecule has 1 N–H and O–H groups in total. The lowest BCUT2D eigenvalue weighted by atomic mass is 10.1. The summed E-state index contributed by atoms with van der Waals surface area (Å²) in [5, 5.41) is 3.53. The molecule has 29 heavy (non-hydrogen) atoms.